The van der Waals surface area contributed by atoms with Crippen LogP contribution in [-0.4, -0.2) is 43.3 Å². The SMILES string of the molecule is O=Nn1c(=O)n(CCCN2CCC(n3c(=O)[nH]c4cc(Cl)ccc43)CC2)c2ccccc21. The Morgan fingerprint density at radius 3 is 2.50 bits per heavy atom. The molecule has 32 heavy (non-hydrogen) atoms. The van der Waals surface area contributed by atoms with Gasteiger partial charge in [-0.25, -0.2) is 9.59 Å². The van der Waals surface area contributed by atoms with Gasteiger partial charge in [-0.3, -0.25) is 9.13 Å². The quantitative estimate of drug-likeness (QED) is 0.452. The molecule has 5 rings (SSSR count). The van der Waals surface area contributed by atoms with Crippen molar-refractivity contribution in [1.82, 2.24) is 23.7 Å². The van der Waals surface area contributed by atoms with Gasteiger partial charge >= 0.3 is 11.4 Å². The number of fused-ring (bicyclic) bond motifs is 2. The van der Waals surface area contributed by atoms with Crippen LogP contribution in [0.2, 0.25) is 5.02 Å². The van der Waals surface area contributed by atoms with Crippen molar-refractivity contribution < 1.29 is 0 Å². The molecule has 9 nitrogen and oxygen atoms in total. The van der Waals surface area contributed by atoms with Crippen LogP contribution >= 0.6 is 11.6 Å². The Morgan fingerprint density at radius 1 is 1.00 bits per heavy atom. The zero-order valence-corrected chi connectivity index (χ0v) is 18.2. The second-order valence-corrected chi connectivity index (χ2v) is 8.64. The number of hydrogen-bond donors (Lipinski definition) is 1. The molecule has 0 unspecified atom stereocenters. The second-order valence-electron chi connectivity index (χ2n) is 8.20. The molecule has 0 saturated carbocycles. The maximum Gasteiger partial charge on any atom is 0.352 e. The van der Waals surface area contributed by atoms with E-state index >= 15 is 0 Å². The monoisotopic (exact) mass is 454 g/mol. The summed E-state index contributed by atoms with van der Waals surface area (Å²) in [6, 6.07) is 12.8. The molecular weight excluding hydrogens is 432 g/mol. The van der Waals surface area contributed by atoms with E-state index in [0.29, 0.717) is 17.1 Å². The van der Waals surface area contributed by atoms with Crippen LogP contribution in [0.3, 0.4) is 0 Å². The van der Waals surface area contributed by atoms with E-state index in [-0.39, 0.29) is 11.7 Å². The molecule has 1 fully saturated rings. The molecule has 0 atom stereocenters. The van der Waals surface area contributed by atoms with Crippen LogP contribution in [0.1, 0.15) is 25.3 Å². The number of para-hydroxylation sites is 2. The number of benzene rings is 2. The first kappa shape index (κ1) is 20.7. The molecule has 2 aromatic heterocycles. The van der Waals surface area contributed by atoms with Crippen LogP contribution in [0.25, 0.3) is 22.1 Å². The molecule has 0 aliphatic carbocycles. The third kappa shape index (κ3) is 3.57. The number of piperidine rings is 1. The number of aryl methyl sites for hydroxylation is 1. The highest BCUT2D eigenvalue weighted by Crippen LogP contribution is 2.26. The Labute approximate surface area is 187 Å². The first-order chi connectivity index (χ1) is 15.6. The number of likely N-dealkylation sites (tertiary alicyclic amines) is 1. The van der Waals surface area contributed by atoms with Gasteiger partial charge in [0, 0.05) is 30.7 Å². The maximum absolute atomic E-state index is 12.5. The Hall–Kier alpha value is -3.17. The highest BCUT2D eigenvalue weighted by atomic mass is 35.5. The molecule has 0 spiro atoms. The largest absolute Gasteiger partial charge is 0.352 e. The Morgan fingerprint density at radius 2 is 1.75 bits per heavy atom. The number of aromatic amines is 1. The first-order valence-electron chi connectivity index (χ1n) is 10.7. The van der Waals surface area contributed by atoms with Crippen molar-refractivity contribution in [3.05, 3.63) is 73.4 Å². The molecule has 0 amide bonds. The van der Waals surface area contributed by atoms with Gasteiger partial charge in [-0.1, -0.05) is 23.7 Å². The van der Waals surface area contributed by atoms with Gasteiger partial charge in [-0.05, 0) is 56.1 Å². The lowest BCUT2D eigenvalue weighted by molar-refractivity contribution is 0.183. The van der Waals surface area contributed by atoms with Crippen molar-refractivity contribution in [1.29, 1.82) is 0 Å². The Balaban J connectivity index is 1.23. The van der Waals surface area contributed by atoms with Gasteiger partial charge in [0.25, 0.3) is 0 Å². The molecule has 0 radical (unpaired) electrons. The van der Waals surface area contributed by atoms with Crippen molar-refractivity contribution in [3.8, 4) is 0 Å². The number of hydrogen-bond acceptors (Lipinski definition) is 5. The summed E-state index contributed by atoms with van der Waals surface area (Å²) in [7, 11) is 0. The molecule has 3 heterocycles. The minimum absolute atomic E-state index is 0.0970. The molecule has 10 heteroatoms. The van der Waals surface area contributed by atoms with Crippen LogP contribution in [0.15, 0.2) is 57.3 Å². The van der Waals surface area contributed by atoms with Crippen LogP contribution in [0.5, 0.6) is 0 Å². The highest BCUT2D eigenvalue weighted by Gasteiger charge is 2.23. The molecular formula is C22H23ClN6O3. The highest BCUT2D eigenvalue weighted by molar-refractivity contribution is 6.31. The molecule has 1 aliphatic heterocycles. The summed E-state index contributed by atoms with van der Waals surface area (Å²) in [6.45, 7) is 3.11. The van der Waals surface area contributed by atoms with Gasteiger partial charge in [0.15, 0.2) is 0 Å². The van der Waals surface area contributed by atoms with Gasteiger partial charge < -0.3 is 9.88 Å². The van der Waals surface area contributed by atoms with Crippen LogP contribution in [0.4, 0.5) is 0 Å². The lowest BCUT2D eigenvalue weighted by atomic mass is 10.0. The Bertz CT molecular complexity index is 1410. The predicted octanol–water partition coefficient (Wildman–Crippen LogP) is 3.36. The summed E-state index contributed by atoms with van der Waals surface area (Å²) < 4.78 is 4.37. The third-order valence-electron chi connectivity index (χ3n) is 6.35. The van der Waals surface area contributed by atoms with E-state index in [1.807, 2.05) is 28.8 Å². The van der Waals surface area contributed by atoms with E-state index in [4.69, 9.17) is 11.6 Å². The second kappa shape index (κ2) is 8.40. The molecule has 1 saturated heterocycles. The van der Waals surface area contributed by atoms with E-state index < -0.39 is 5.69 Å². The normalized spacial score (nSPS) is 15.7. The fourth-order valence-electron chi connectivity index (χ4n) is 4.81. The van der Waals surface area contributed by atoms with Gasteiger partial charge in [0.05, 0.1) is 27.4 Å². The predicted molar refractivity (Wildman–Crippen MR) is 124 cm³/mol. The van der Waals surface area contributed by atoms with E-state index in [1.54, 1.807) is 22.8 Å². The van der Waals surface area contributed by atoms with Gasteiger partial charge in [-0.15, -0.1) is 9.58 Å². The van der Waals surface area contributed by atoms with Crippen molar-refractivity contribution in [2.45, 2.75) is 31.8 Å². The van der Waals surface area contributed by atoms with Crippen molar-refractivity contribution in [2.24, 2.45) is 5.29 Å². The minimum atomic E-state index is -0.404. The molecule has 1 aliphatic rings. The first-order valence-corrected chi connectivity index (χ1v) is 11.1. The van der Waals surface area contributed by atoms with Crippen molar-refractivity contribution in [3.63, 3.8) is 0 Å². The zero-order valence-electron chi connectivity index (χ0n) is 17.4. The standard InChI is InChI=1S/C22H23ClN6O3/c23-15-6-7-18-17(14-15)24-21(30)28(18)16-8-12-26(13-9-16)10-3-11-27-19-4-1-2-5-20(19)29(25-32)22(27)31/h1-2,4-7,14,16H,3,8-13H2,(H,24,30). The number of aromatic nitrogens is 4. The van der Waals surface area contributed by atoms with E-state index in [2.05, 4.69) is 15.2 Å². The maximum atomic E-state index is 12.5. The third-order valence-corrected chi connectivity index (χ3v) is 6.59. The number of imidazole rings is 2. The van der Waals surface area contributed by atoms with Crippen LogP contribution < -0.4 is 11.4 Å². The summed E-state index contributed by atoms with van der Waals surface area (Å²) in [5, 5.41) is 3.47. The fourth-order valence-corrected chi connectivity index (χ4v) is 4.98. The summed E-state index contributed by atoms with van der Waals surface area (Å²) in [5.41, 5.74) is 2.39. The number of nitrogens with zero attached hydrogens (tertiary/aromatic N) is 5. The lowest BCUT2D eigenvalue weighted by Gasteiger charge is -2.32. The lowest BCUT2D eigenvalue weighted by Crippen LogP contribution is -2.37. The summed E-state index contributed by atoms with van der Waals surface area (Å²) >= 11 is 6.05. The van der Waals surface area contributed by atoms with Crippen LogP contribution in [-0.2, 0) is 6.54 Å². The van der Waals surface area contributed by atoms with Gasteiger partial charge in [0.1, 0.15) is 0 Å². The van der Waals surface area contributed by atoms with Crippen molar-refractivity contribution >= 4 is 33.7 Å². The van der Waals surface area contributed by atoms with Gasteiger partial charge in [-0.2, -0.15) is 0 Å². The number of H-pyrrole nitrogens is 1. The van der Waals surface area contributed by atoms with Gasteiger partial charge in [0.2, 0.25) is 0 Å². The van der Waals surface area contributed by atoms with E-state index in [0.717, 1.165) is 60.1 Å². The average molecular weight is 455 g/mol. The smallest absolute Gasteiger partial charge is 0.305 e. The fraction of sp³-hybridized carbons (Fsp3) is 0.364. The molecule has 1 N–H and O–H groups in total. The summed E-state index contributed by atoms with van der Waals surface area (Å²) in [4.78, 5) is 41.4. The number of halogens is 1. The summed E-state index contributed by atoms with van der Waals surface area (Å²) in [5.74, 6) is 0. The molecule has 2 aromatic carbocycles. The zero-order chi connectivity index (χ0) is 22.2. The average Bonchev–Trinajstić information content (AvgIpc) is 3.26. The number of nitrogens with one attached hydrogen (secondary N) is 1. The van der Waals surface area contributed by atoms with Crippen LogP contribution in [0, 0.1) is 4.91 Å². The molecule has 0 bridgehead atoms. The van der Waals surface area contributed by atoms with E-state index in [9.17, 15) is 14.5 Å². The van der Waals surface area contributed by atoms with Crippen molar-refractivity contribution in [2.75, 3.05) is 19.6 Å². The molecule has 4 aromatic rings. The van der Waals surface area contributed by atoms with E-state index in [1.165, 1.54) is 0 Å². The summed E-state index contributed by atoms with van der Waals surface area (Å²) in [6.07, 6.45) is 2.54. The number of nitroso groups, excluding NO2 is 1. The topological polar surface area (TPSA) is 97.4 Å². The number of rotatable bonds is 6. The molecule has 166 valence electrons. The minimum Gasteiger partial charge on any atom is -0.305 e. The Kier molecular flexibility index (Phi) is 5.44.